The van der Waals surface area contributed by atoms with Crippen molar-refractivity contribution in [1.29, 1.82) is 0 Å². The molecule has 1 saturated heterocycles. The highest BCUT2D eigenvalue weighted by Crippen LogP contribution is 2.27. The van der Waals surface area contributed by atoms with Gasteiger partial charge in [-0.15, -0.1) is 12.4 Å². The molecule has 1 aliphatic heterocycles. The zero-order chi connectivity index (χ0) is 18.8. The molecule has 0 unspecified atom stereocenters. The summed E-state index contributed by atoms with van der Waals surface area (Å²) in [5.41, 5.74) is 2.10. The Bertz CT molecular complexity index is 1040. The summed E-state index contributed by atoms with van der Waals surface area (Å²) in [6.45, 7) is 4.80. The van der Waals surface area contributed by atoms with Crippen LogP contribution in [-0.4, -0.2) is 37.0 Å². The highest BCUT2D eigenvalue weighted by atomic mass is 35.5. The van der Waals surface area contributed by atoms with E-state index in [0.29, 0.717) is 40.9 Å². The molecule has 0 aliphatic carbocycles. The van der Waals surface area contributed by atoms with Crippen molar-refractivity contribution in [3.05, 3.63) is 69.9 Å². The van der Waals surface area contributed by atoms with Crippen molar-refractivity contribution < 1.29 is 9.21 Å². The van der Waals surface area contributed by atoms with Crippen LogP contribution in [-0.2, 0) is 0 Å². The van der Waals surface area contributed by atoms with Gasteiger partial charge in [0.25, 0.3) is 5.91 Å². The Balaban J connectivity index is 0.00000225. The number of carbonyl (C=O) groups excluding carboxylic acids is 1. The Morgan fingerprint density at radius 2 is 1.82 bits per heavy atom. The summed E-state index contributed by atoms with van der Waals surface area (Å²) in [5.74, 6) is 0.432. The monoisotopic (exact) mass is 398 g/mol. The number of fused-ring (bicyclic) bond motifs is 1. The second kappa shape index (κ2) is 8.59. The molecule has 0 saturated carbocycles. The fourth-order valence-electron chi connectivity index (χ4n) is 3.56. The minimum Gasteiger partial charge on any atom is -0.455 e. The van der Waals surface area contributed by atoms with Gasteiger partial charge in [0.05, 0.1) is 10.9 Å². The molecule has 0 radical (unpaired) electrons. The minimum absolute atomic E-state index is 0. The van der Waals surface area contributed by atoms with Gasteiger partial charge in [-0.05, 0) is 32.0 Å². The summed E-state index contributed by atoms with van der Waals surface area (Å²) >= 11 is 0. The molecule has 1 N–H and O–H groups in total. The molecule has 1 aliphatic rings. The van der Waals surface area contributed by atoms with E-state index in [0.717, 1.165) is 25.1 Å². The van der Waals surface area contributed by atoms with Crippen LogP contribution in [0.4, 0.5) is 0 Å². The van der Waals surface area contributed by atoms with Gasteiger partial charge in [0.2, 0.25) is 0 Å². The van der Waals surface area contributed by atoms with Crippen LogP contribution in [0.3, 0.4) is 0 Å². The number of nitrogens with zero attached hydrogens (tertiary/aromatic N) is 1. The van der Waals surface area contributed by atoms with Crippen molar-refractivity contribution in [2.45, 2.75) is 13.3 Å². The molecular formula is C22H23ClN2O3. The Hall–Kier alpha value is -2.63. The lowest BCUT2D eigenvalue weighted by Crippen LogP contribution is -2.34. The molecule has 2 heterocycles. The first-order chi connectivity index (χ1) is 13.2. The highest BCUT2D eigenvalue weighted by molar-refractivity contribution is 6.05. The van der Waals surface area contributed by atoms with Crippen LogP contribution in [0, 0.1) is 6.92 Å². The second-order valence-electron chi connectivity index (χ2n) is 6.83. The maximum absolute atomic E-state index is 13.1. The van der Waals surface area contributed by atoms with Crippen LogP contribution >= 0.6 is 12.4 Å². The summed E-state index contributed by atoms with van der Waals surface area (Å²) in [7, 11) is 0. The van der Waals surface area contributed by atoms with E-state index in [1.807, 2.05) is 35.2 Å². The minimum atomic E-state index is -0.0951. The van der Waals surface area contributed by atoms with Gasteiger partial charge in [0.15, 0.2) is 11.0 Å². The molecule has 0 bridgehead atoms. The number of para-hydroxylation sites is 1. The van der Waals surface area contributed by atoms with Crippen LogP contribution in [0.25, 0.3) is 22.3 Å². The van der Waals surface area contributed by atoms with E-state index in [1.54, 1.807) is 25.1 Å². The SMILES string of the molecule is Cc1c(-c2ccccc2)oc2c(C(=O)N3CCCNCC3)cccc2c1=O.Cl. The third-order valence-electron chi connectivity index (χ3n) is 5.04. The van der Waals surface area contributed by atoms with Gasteiger partial charge in [-0.2, -0.15) is 0 Å². The van der Waals surface area contributed by atoms with Crippen molar-refractivity contribution in [3.8, 4) is 11.3 Å². The number of benzene rings is 2. The van der Waals surface area contributed by atoms with Crippen molar-refractivity contribution in [3.63, 3.8) is 0 Å². The van der Waals surface area contributed by atoms with Gasteiger partial charge in [0.1, 0.15) is 5.76 Å². The number of hydrogen-bond donors (Lipinski definition) is 1. The maximum Gasteiger partial charge on any atom is 0.257 e. The van der Waals surface area contributed by atoms with Gasteiger partial charge in [-0.3, -0.25) is 9.59 Å². The number of hydrogen-bond acceptors (Lipinski definition) is 4. The van der Waals surface area contributed by atoms with Crippen molar-refractivity contribution in [1.82, 2.24) is 10.2 Å². The van der Waals surface area contributed by atoms with Crippen LogP contribution in [0.2, 0.25) is 0 Å². The topological polar surface area (TPSA) is 62.6 Å². The molecule has 0 spiro atoms. The Kier molecular flexibility index (Phi) is 6.17. The summed E-state index contributed by atoms with van der Waals surface area (Å²) in [6.07, 6.45) is 0.912. The number of amides is 1. The number of halogens is 1. The number of nitrogens with one attached hydrogen (secondary N) is 1. The van der Waals surface area contributed by atoms with E-state index >= 15 is 0 Å². The van der Waals surface area contributed by atoms with Crippen LogP contribution in [0.5, 0.6) is 0 Å². The standard InChI is InChI=1S/C22H22N2O3.ClH/c1-15-19(25)17-9-5-10-18(22(26)24-13-6-11-23-12-14-24)21(17)27-20(15)16-7-3-2-4-8-16;/h2-5,7-10,23H,6,11-14H2,1H3;1H. The predicted octanol–water partition coefficient (Wildman–Crippen LogP) is 3.63. The zero-order valence-corrected chi connectivity index (χ0v) is 16.6. The molecule has 6 heteroatoms. The molecule has 1 aromatic heterocycles. The van der Waals surface area contributed by atoms with Gasteiger partial charge in [-0.1, -0.05) is 36.4 Å². The molecule has 1 fully saturated rings. The Labute approximate surface area is 169 Å². The average molecular weight is 399 g/mol. The van der Waals surface area contributed by atoms with E-state index < -0.39 is 0 Å². The lowest BCUT2D eigenvalue weighted by atomic mass is 10.0. The molecule has 3 aromatic rings. The lowest BCUT2D eigenvalue weighted by Gasteiger charge is -2.20. The van der Waals surface area contributed by atoms with Crippen LogP contribution in [0.15, 0.2) is 57.7 Å². The normalized spacial score (nSPS) is 14.4. The number of carbonyl (C=O) groups is 1. The third kappa shape index (κ3) is 3.68. The van der Waals surface area contributed by atoms with Gasteiger partial charge in [0, 0.05) is 30.8 Å². The van der Waals surface area contributed by atoms with Crippen molar-refractivity contribution >= 4 is 29.3 Å². The first-order valence-corrected chi connectivity index (χ1v) is 9.28. The van der Waals surface area contributed by atoms with Crippen molar-refractivity contribution in [2.75, 3.05) is 26.2 Å². The van der Waals surface area contributed by atoms with E-state index in [9.17, 15) is 9.59 Å². The quantitative estimate of drug-likeness (QED) is 0.716. The highest BCUT2D eigenvalue weighted by Gasteiger charge is 2.22. The molecule has 0 atom stereocenters. The Morgan fingerprint density at radius 3 is 2.61 bits per heavy atom. The van der Waals surface area contributed by atoms with E-state index in [1.165, 1.54) is 0 Å². The largest absolute Gasteiger partial charge is 0.455 e. The van der Waals surface area contributed by atoms with E-state index in [-0.39, 0.29) is 23.7 Å². The summed E-state index contributed by atoms with van der Waals surface area (Å²) in [4.78, 5) is 27.9. The summed E-state index contributed by atoms with van der Waals surface area (Å²) < 4.78 is 6.17. The fourth-order valence-corrected chi connectivity index (χ4v) is 3.56. The summed E-state index contributed by atoms with van der Waals surface area (Å²) in [6, 6.07) is 14.8. The lowest BCUT2D eigenvalue weighted by molar-refractivity contribution is 0.0767. The third-order valence-corrected chi connectivity index (χ3v) is 5.04. The maximum atomic E-state index is 13.1. The molecule has 5 nitrogen and oxygen atoms in total. The molecule has 4 rings (SSSR count). The van der Waals surface area contributed by atoms with Gasteiger partial charge in [-0.25, -0.2) is 0 Å². The van der Waals surface area contributed by atoms with E-state index in [2.05, 4.69) is 5.32 Å². The fraction of sp³-hybridized carbons (Fsp3) is 0.273. The van der Waals surface area contributed by atoms with Gasteiger partial charge >= 0.3 is 0 Å². The first-order valence-electron chi connectivity index (χ1n) is 9.28. The van der Waals surface area contributed by atoms with E-state index in [4.69, 9.17) is 4.42 Å². The zero-order valence-electron chi connectivity index (χ0n) is 15.7. The number of rotatable bonds is 2. The van der Waals surface area contributed by atoms with Crippen LogP contribution < -0.4 is 10.7 Å². The molecular weight excluding hydrogens is 376 g/mol. The molecule has 2 aromatic carbocycles. The predicted molar refractivity (Wildman–Crippen MR) is 113 cm³/mol. The first kappa shape index (κ1) is 20.1. The average Bonchev–Trinajstić information content (AvgIpc) is 3.00. The van der Waals surface area contributed by atoms with Crippen LogP contribution in [0.1, 0.15) is 22.3 Å². The summed E-state index contributed by atoms with van der Waals surface area (Å²) in [5, 5.41) is 3.75. The molecule has 146 valence electrons. The Morgan fingerprint density at radius 1 is 1.04 bits per heavy atom. The second-order valence-corrected chi connectivity index (χ2v) is 6.83. The smallest absolute Gasteiger partial charge is 0.257 e. The van der Waals surface area contributed by atoms with Crippen molar-refractivity contribution in [2.24, 2.45) is 0 Å². The van der Waals surface area contributed by atoms with Gasteiger partial charge < -0.3 is 14.6 Å². The molecule has 1 amide bonds. The molecule has 28 heavy (non-hydrogen) atoms.